The summed E-state index contributed by atoms with van der Waals surface area (Å²) in [7, 11) is 0. The zero-order valence-electron chi connectivity index (χ0n) is 11.5. The Morgan fingerprint density at radius 2 is 2.11 bits per heavy atom. The molecule has 2 saturated carbocycles. The van der Waals surface area contributed by atoms with Crippen LogP contribution in [0.15, 0.2) is 0 Å². The maximum atomic E-state index is 11.5. The predicted octanol–water partition coefficient (Wildman–Crippen LogP) is 1.23. The molecular weight excluding hydrogens is 226 g/mol. The van der Waals surface area contributed by atoms with Gasteiger partial charge in [0.1, 0.15) is 0 Å². The van der Waals surface area contributed by atoms with Gasteiger partial charge in [-0.1, -0.05) is 6.92 Å². The first kappa shape index (κ1) is 13.8. The smallest absolute Gasteiger partial charge is 0.237 e. The van der Waals surface area contributed by atoms with E-state index in [1.807, 2.05) is 0 Å². The van der Waals surface area contributed by atoms with Gasteiger partial charge in [-0.2, -0.15) is 0 Å². The molecule has 4 nitrogen and oxygen atoms in total. The molecule has 0 aromatic carbocycles. The van der Waals surface area contributed by atoms with E-state index in [2.05, 4.69) is 11.8 Å². The molecule has 0 radical (unpaired) electrons. The van der Waals surface area contributed by atoms with Crippen LogP contribution in [0.1, 0.15) is 51.9 Å². The highest BCUT2D eigenvalue weighted by atomic mass is 16.1. The third kappa shape index (κ3) is 3.23. The van der Waals surface area contributed by atoms with E-state index < -0.39 is 5.54 Å². The van der Waals surface area contributed by atoms with E-state index in [1.54, 1.807) is 0 Å². The SMILES string of the molecule is CCCN(CC1CC1)C1CCCC(N)(C(N)=O)C1. The monoisotopic (exact) mass is 253 g/mol. The number of hydrogen-bond acceptors (Lipinski definition) is 3. The van der Waals surface area contributed by atoms with E-state index in [1.165, 1.54) is 25.8 Å². The summed E-state index contributed by atoms with van der Waals surface area (Å²) in [5.41, 5.74) is 10.9. The van der Waals surface area contributed by atoms with Gasteiger partial charge in [-0.25, -0.2) is 0 Å². The van der Waals surface area contributed by atoms with Gasteiger partial charge in [-0.3, -0.25) is 4.79 Å². The van der Waals surface area contributed by atoms with Gasteiger partial charge >= 0.3 is 0 Å². The Bertz CT molecular complexity index is 303. The molecule has 18 heavy (non-hydrogen) atoms. The van der Waals surface area contributed by atoms with Crippen molar-refractivity contribution in [3.05, 3.63) is 0 Å². The van der Waals surface area contributed by atoms with Crippen molar-refractivity contribution in [1.82, 2.24) is 4.90 Å². The van der Waals surface area contributed by atoms with Crippen LogP contribution < -0.4 is 11.5 Å². The Morgan fingerprint density at radius 3 is 2.67 bits per heavy atom. The van der Waals surface area contributed by atoms with Crippen molar-refractivity contribution in [3.8, 4) is 0 Å². The van der Waals surface area contributed by atoms with Crippen LogP contribution in [-0.2, 0) is 4.79 Å². The largest absolute Gasteiger partial charge is 0.368 e. The highest BCUT2D eigenvalue weighted by molar-refractivity contribution is 5.84. The Balaban J connectivity index is 1.97. The summed E-state index contributed by atoms with van der Waals surface area (Å²) in [5, 5.41) is 0. The fraction of sp³-hybridized carbons (Fsp3) is 0.929. The Morgan fingerprint density at radius 1 is 1.39 bits per heavy atom. The first-order valence-corrected chi connectivity index (χ1v) is 7.38. The molecule has 0 aromatic rings. The van der Waals surface area contributed by atoms with Crippen molar-refractivity contribution < 1.29 is 4.79 Å². The first-order chi connectivity index (χ1) is 8.55. The normalized spacial score (nSPS) is 32.7. The van der Waals surface area contributed by atoms with Gasteiger partial charge in [0.25, 0.3) is 0 Å². The molecule has 104 valence electrons. The standard InChI is InChI=1S/C14H27N3O/c1-2-8-17(10-11-5-6-11)12-4-3-7-14(16,9-12)13(15)18/h11-12H,2-10,16H2,1H3,(H2,15,18). The number of amides is 1. The van der Waals surface area contributed by atoms with Crippen LogP contribution in [0, 0.1) is 5.92 Å². The summed E-state index contributed by atoms with van der Waals surface area (Å²) < 4.78 is 0. The number of hydrogen-bond donors (Lipinski definition) is 2. The van der Waals surface area contributed by atoms with Crippen LogP contribution in [-0.4, -0.2) is 35.5 Å². The number of carbonyl (C=O) groups excluding carboxylic acids is 1. The van der Waals surface area contributed by atoms with E-state index in [-0.39, 0.29) is 5.91 Å². The number of nitrogens with zero attached hydrogens (tertiary/aromatic N) is 1. The molecule has 0 saturated heterocycles. The molecule has 0 aromatic heterocycles. The molecule has 2 atom stereocenters. The quantitative estimate of drug-likeness (QED) is 0.748. The van der Waals surface area contributed by atoms with Crippen molar-refractivity contribution in [2.75, 3.05) is 13.1 Å². The van der Waals surface area contributed by atoms with Gasteiger partial charge in [-0.15, -0.1) is 0 Å². The molecule has 2 fully saturated rings. The second-order valence-electron chi connectivity index (χ2n) is 6.21. The van der Waals surface area contributed by atoms with E-state index >= 15 is 0 Å². The fourth-order valence-electron chi connectivity index (χ4n) is 3.16. The van der Waals surface area contributed by atoms with Crippen LogP contribution in [0.3, 0.4) is 0 Å². The van der Waals surface area contributed by atoms with Crippen LogP contribution >= 0.6 is 0 Å². The van der Waals surface area contributed by atoms with Gasteiger partial charge in [0.15, 0.2) is 0 Å². The lowest BCUT2D eigenvalue weighted by Crippen LogP contribution is -2.58. The van der Waals surface area contributed by atoms with E-state index in [0.29, 0.717) is 6.04 Å². The maximum absolute atomic E-state index is 11.5. The molecule has 4 heteroatoms. The summed E-state index contributed by atoms with van der Waals surface area (Å²) in [6, 6.07) is 0.455. The number of primary amides is 1. The van der Waals surface area contributed by atoms with Crippen LogP contribution in [0.2, 0.25) is 0 Å². The molecule has 0 heterocycles. The number of carbonyl (C=O) groups is 1. The summed E-state index contributed by atoms with van der Waals surface area (Å²) in [6.07, 6.45) is 7.59. The third-order valence-electron chi connectivity index (χ3n) is 4.47. The molecule has 0 bridgehead atoms. The fourth-order valence-corrected chi connectivity index (χ4v) is 3.16. The van der Waals surface area contributed by atoms with Crippen molar-refractivity contribution in [3.63, 3.8) is 0 Å². The topological polar surface area (TPSA) is 72.3 Å². The van der Waals surface area contributed by atoms with Crippen LogP contribution in [0.4, 0.5) is 0 Å². The summed E-state index contributed by atoms with van der Waals surface area (Å²) in [5.74, 6) is 0.564. The van der Waals surface area contributed by atoms with E-state index in [0.717, 1.165) is 38.1 Å². The average molecular weight is 253 g/mol. The Hall–Kier alpha value is -0.610. The molecule has 4 N–H and O–H groups in total. The lowest BCUT2D eigenvalue weighted by atomic mass is 9.78. The molecular formula is C14H27N3O. The predicted molar refractivity (Wildman–Crippen MR) is 73.0 cm³/mol. The zero-order valence-corrected chi connectivity index (χ0v) is 11.5. The first-order valence-electron chi connectivity index (χ1n) is 7.38. The van der Waals surface area contributed by atoms with Crippen molar-refractivity contribution in [2.45, 2.75) is 63.5 Å². The summed E-state index contributed by atoms with van der Waals surface area (Å²) >= 11 is 0. The van der Waals surface area contributed by atoms with Crippen molar-refractivity contribution in [1.29, 1.82) is 0 Å². The van der Waals surface area contributed by atoms with E-state index in [9.17, 15) is 4.79 Å². The van der Waals surface area contributed by atoms with E-state index in [4.69, 9.17) is 11.5 Å². The minimum Gasteiger partial charge on any atom is -0.368 e. The summed E-state index contributed by atoms with van der Waals surface area (Å²) in [4.78, 5) is 14.1. The van der Waals surface area contributed by atoms with Crippen LogP contribution in [0.5, 0.6) is 0 Å². The second kappa shape index (κ2) is 5.57. The minimum atomic E-state index is -0.765. The Labute approximate surface area is 110 Å². The highest BCUT2D eigenvalue weighted by Crippen LogP contribution is 2.34. The van der Waals surface area contributed by atoms with Crippen LogP contribution in [0.25, 0.3) is 0 Å². The van der Waals surface area contributed by atoms with Crippen molar-refractivity contribution in [2.24, 2.45) is 17.4 Å². The van der Waals surface area contributed by atoms with Gasteiger partial charge in [0.2, 0.25) is 5.91 Å². The molecule has 0 spiro atoms. The lowest BCUT2D eigenvalue weighted by Gasteiger charge is -2.41. The third-order valence-corrected chi connectivity index (χ3v) is 4.47. The zero-order chi connectivity index (χ0) is 13.2. The van der Waals surface area contributed by atoms with Crippen molar-refractivity contribution >= 4 is 5.91 Å². The summed E-state index contributed by atoms with van der Waals surface area (Å²) in [6.45, 7) is 4.52. The molecule has 2 unspecified atom stereocenters. The van der Waals surface area contributed by atoms with Gasteiger partial charge in [0, 0.05) is 12.6 Å². The van der Waals surface area contributed by atoms with Gasteiger partial charge in [0.05, 0.1) is 5.54 Å². The number of rotatable bonds is 6. The Kier molecular flexibility index (Phi) is 4.28. The number of nitrogens with two attached hydrogens (primary N) is 2. The minimum absolute atomic E-state index is 0.324. The maximum Gasteiger partial charge on any atom is 0.237 e. The molecule has 2 aliphatic carbocycles. The lowest BCUT2D eigenvalue weighted by molar-refractivity contribution is -0.125. The van der Waals surface area contributed by atoms with Gasteiger partial charge in [-0.05, 0) is 57.4 Å². The molecule has 2 aliphatic rings. The second-order valence-corrected chi connectivity index (χ2v) is 6.21. The molecule has 1 amide bonds. The highest BCUT2D eigenvalue weighted by Gasteiger charge is 2.40. The van der Waals surface area contributed by atoms with Gasteiger partial charge < -0.3 is 16.4 Å². The average Bonchev–Trinajstić information content (AvgIpc) is 3.12. The molecule has 0 aliphatic heterocycles. The molecule has 2 rings (SSSR count).